The Balaban J connectivity index is 1.70. The molecule has 184 valence electrons. The molecule has 0 unspecified atom stereocenters. The second-order valence-corrected chi connectivity index (χ2v) is 12.3. The van der Waals surface area contributed by atoms with Crippen LogP contribution in [0.25, 0.3) is 0 Å². The summed E-state index contributed by atoms with van der Waals surface area (Å²) in [5.41, 5.74) is 1.15. The number of rotatable bonds is 6. The summed E-state index contributed by atoms with van der Waals surface area (Å²) in [6.45, 7) is 1.16. The molecule has 8 nitrogen and oxygen atoms in total. The average molecular weight is 534 g/mol. The van der Waals surface area contributed by atoms with Crippen molar-refractivity contribution < 1.29 is 21.6 Å². The van der Waals surface area contributed by atoms with Crippen LogP contribution in [-0.4, -0.2) is 57.0 Å². The Morgan fingerprint density at radius 2 is 1.43 bits per heavy atom. The summed E-state index contributed by atoms with van der Waals surface area (Å²) in [5, 5.41) is 3.24. The highest BCUT2D eigenvalue weighted by Gasteiger charge is 2.43. The maximum Gasteiger partial charge on any atom is 0.244 e. The summed E-state index contributed by atoms with van der Waals surface area (Å²) in [6, 6.07) is 19.2. The van der Waals surface area contributed by atoms with Crippen molar-refractivity contribution in [1.29, 1.82) is 0 Å². The standard InChI is InChI=1S/C24H24ClN3O5S2/c1-18-16-19(25)12-13-22(18)26-24(29)23-17-27(34(30,31)20-8-4-2-5-9-20)14-15-28(23)35(32,33)21-10-6-3-7-11-21/h2-13,16,23H,14-15,17H2,1H3,(H,26,29)/t23-/m0/s1. The van der Waals surface area contributed by atoms with Crippen LogP contribution in [0.3, 0.4) is 0 Å². The van der Waals surface area contributed by atoms with Gasteiger partial charge in [0.2, 0.25) is 26.0 Å². The van der Waals surface area contributed by atoms with Gasteiger partial charge in [-0.15, -0.1) is 0 Å². The van der Waals surface area contributed by atoms with E-state index in [1.54, 1.807) is 61.5 Å². The topological polar surface area (TPSA) is 104 Å². The van der Waals surface area contributed by atoms with Crippen molar-refractivity contribution in [2.75, 3.05) is 25.0 Å². The van der Waals surface area contributed by atoms with Gasteiger partial charge in [0.15, 0.2) is 0 Å². The van der Waals surface area contributed by atoms with Gasteiger partial charge < -0.3 is 5.32 Å². The average Bonchev–Trinajstić information content (AvgIpc) is 2.86. The number of amides is 1. The summed E-state index contributed by atoms with van der Waals surface area (Å²) in [7, 11) is -8.00. The van der Waals surface area contributed by atoms with E-state index in [9.17, 15) is 21.6 Å². The van der Waals surface area contributed by atoms with E-state index in [1.165, 1.54) is 24.3 Å². The molecule has 1 heterocycles. The summed E-state index contributed by atoms with van der Waals surface area (Å²) in [6.07, 6.45) is 0. The molecule has 35 heavy (non-hydrogen) atoms. The van der Waals surface area contributed by atoms with Crippen molar-refractivity contribution in [3.63, 3.8) is 0 Å². The normalized spacial score (nSPS) is 17.7. The van der Waals surface area contributed by atoms with Gasteiger partial charge in [-0.2, -0.15) is 8.61 Å². The van der Waals surface area contributed by atoms with Crippen molar-refractivity contribution in [3.05, 3.63) is 89.4 Å². The van der Waals surface area contributed by atoms with Crippen LogP contribution in [0, 0.1) is 6.92 Å². The molecule has 0 saturated carbocycles. The van der Waals surface area contributed by atoms with E-state index in [-0.39, 0.29) is 29.4 Å². The van der Waals surface area contributed by atoms with Gasteiger partial charge in [-0.25, -0.2) is 16.8 Å². The summed E-state index contributed by atoms with van der Waals surface area (Å²) >= 11 is 6.01. The number of carbonyl (C=O) groups is 1. The first-order valence-electron chi connectivity index (χ1n) is 10.8. The predicted molar refractivity (Wildman–Crippen MR) is 134 cm³/mol. The summed E-state index contributed by atoms with van der Waals surface area (Å²) in [4.78, 5) is 13.5. The minimum atomic E-state index is -4.07. The van der Waals surface area contributed by atoms with E-state index in [1.807, 2.05) is 0 Å². The second-order valence-electron chi connectivity index (χ2n) is 8.07. The molecule has 1 aliphatic rings. The number of nitrogens with one attached hydrogen (secondary N) is 1. The Morgan fingerprint density at radius 1 is 0.857 bits per heavy atom. The van der Waals surface area contributed by atoms with Gasteiger partial charge in [0.25, 0.3) is 0 Å². The van der Waals surface area contributed by atoms with Crippen LogP contribution < -0.4 is 5.32 Å². The molecule has 3 aromatic carbocycles. The Kier molecular flexibility index (Phi) is 7.30. The fourth-order valence-electron chi connectivity index (χ4n) is 3.91. The lowest BCUT2D eigenvalue weighted by Crippen LogP contribution is -2.60. The molecule has 1 atom stereocenters. The molecule has 0 bridgehead atoms. The fourth-order valence-corrected chi connectivity index (χ4v) is 7.19. The highest BCUT2D eigenvalue weighted by molar-refractivity contribution is 7.89. The SMILES string of the molecule is Cc1cc(Cl)ccc1NC(=O)[C@@H]1CN(S(=O)(=O)c2ccccc2)CCN1S(=O)(=O)c1ccccc1. The maximum absolute atomic E-state index is 13.5. The van der Waals surface area contributed by atoms with Gasteiger partial charge in [-0.3, -0.25) is 4.79 Å². The molecule has 1 aliphatic heterocycles. The van der Waals surface area contributed by atoms with Crippen LogP contribution in [0.5, 0.6) is 0 Å². The number of aryl methyl sites for hydroxylation is 1. The second kappa shape index (κ2) is 10.1. The molecule has 1 N–H and O–H groups in total. The third-order valence-electron chi connectivity index (χ3n) is 5.77. The molecule has 1 fully saturated rings. The molecule has 0 aromatic heterocycles. The van der Waals surface area contributed by atoms with Gasteiger partial charge in [-0.05, 0) is 55.0 Å². The predicted octanol–water partition coefficient (Wildman–Crippen LogP) is 3.35. The third-order valence-corrected chi connectivity index (χ3v) is 9.81. The van der Waals surface area contributed by atoms with Crippen LogP contribution in [0.15, 0.2) is 88.7 Å². The molecule has 1 amide bonds. The lowest BCUT2D eigenvalue weighted by atomic mass is 10.1. The number of hydrogen-bond acceptors (Lipinski definition) is 5. The Morgan fingerprint density at radius 3 is 2.00 bits per heavy atom. The summed E-state index contributed by atoms with van der Waals surface area (Å²) < 4.78 is 55.6. The lowest BCUT2D eigenvalue weighted by Gasteiger charge is -2.39. The van der Waals surface area contributed by atoms with Crippen LogP contribution >= 0.6 is 11.6 Å². The van der Waals surface area contributed by atoms with E-state index in [0.717, 1.165) is 8.61 Å². The monoisotopic (exact) mass is 533 g/mol. The molecule has 3 aromatic rings. The largest absolute Gasteiger partial charge is 0.324 e. The number of carbonyl (C=O) groups excluding carboxylic acids is 1. The van der Waals surface area contributed by atoms with E-state index < -0.39 is 32.0 Å². The molecular formula is C24H24ClN3O5S2. The molecule has 0 spiro atoms. The van der Waals surface area contributed by atoms with E-state index in [4.69, 9.17) is 11.6 Å². The van der Waals surface area contributed by atoms with Crippen LogP contribution in [0.4, 0.5) is 5.69 Å². The van der Waals surface area contributed by atoms with Crippen molar-refractivity contribution in [2.24, 2.45) is 0 Å². The molecular weight excluding hydrogens is 510 g/mol. The zero-order chi connectivity index (χ0) is 25.2. The number of hydrogen-bond donors (Lipinski definition) is 1. The first-order valence-corrected chi connectivity index (χ1v) is 14.1. The van der Waals surface area contributed by atoms with E-state index in [2.05, 4.69) is 5.32 Å². The third kappa shape index (κ3) is 5.26. The van der Waals surface area contributed by atoms with Crippen molar-refractivity contribution in [3.8, 4) is 0 Å². The zero-order valence-electron chi connectivity index (χ0n) is 18.8. The smallest absolute Gasteiger partial charge is 0.244 e. The van der Waals surface area contributed by atoms with Gasteiger partial charge >= 0.3 is 0 Å². The van der Waals surface area contributed by atoms with Crippen molar-refractivity contribution >= 4 is 43.2 Å². The van der Waals surface area contributed by atoms with E-state index in [0.29, 0.717) is 16.3 Å². The number of piperazine rings is 1. The molecule has 1 saturated heterocycles. The van der Waals surface area contributed by atoms with Crippen LogP contribution in [0.1, 0.15) is 5.56 Å². The highest BCUT2D eigenvalue weighted by atomic mass is 35.5. The molecule has 0 aliphatic carbocycles. The highest BCUT2D eigenvalue weighted by Crippen LogP contribution is 2.27. The molecule has 0 radical (unpaired) electrons. The Hall–Kier alpha value is -2.76. The van der Waals surface area contributed by atoms with Gasteiger partial charge in [0, 0.05) is 30.3 Å². The van der Waals surface area contributed by atoms with Crippen molar-refractivity contribution in [1.82, 2.24) is 8.61 Å². The first kappa shape index (κ1) is 25.3. The molecule has 4 rings (SSSR count). The van der Waals surface area contributed by atoms with Gasteiger partial charge in [0.05, 0.1) is 9.79 Å². The van der Waals surface area contributed by atoms with E-state index >= 15 is 0 Å². The lowest BCUT2D eigenvalue weighted by molar-refractivity contribution is -0.120. The fraction of sp³-hybridized carbons (Fsp3) is 0.208. The zero-order valence-corrected chi connectivity index (χ0v) is 21.2. The van der Waals surface area contributed by atoms with Gasteiger partial charge in [-0.1, -0.05) is 48.0 Å². The maximum atomic E-state index is 13.5. The minimum Gasteiger partial charge on any atom is -0.324 e. The number of nitrogens with zero attached hydrogens (tertiary/aromatic N) is 2. The minimum absolute atomic E-state index is 0.0276. The van der Waals surface area contributed by atoms with Crippen molar-refractivity contribution in [2.45, 2.75) is 22.8 Å². The number of halogens is 1. The van der Waals surface area contributed by atoms with Crippen LogP contribution in [-0.2, 0) is 24.8 Å². The quantitative estimate of drug-likeness (QED) is 0.523. The number of sulfonamides is 2. The number of anilines is 1. The Labute approximate surface area is 210 Å². The van der Waals surface area contributed by atoms with Crippen LogP contribution in [0.2, 0.25) is 5.02 Å². The first-order chi connectivity index (χ1) is 16.6. The summed E-state index contributed by atoms with van der Waals surface area (Å²) in [5.74, 6) is -0.636. The molecule has 11 heteroatoms. The number of benzene rings is 3. The Bertz CT molecular complexity index is 1430. The van der Waals surface area contributed by atoms with Gasteiger partial charge in [0.1, 0.15) is 6.04 Å².